The lowest BCUT2D eigenvalue weighted by Crippen LogP contribution is -2.52. The third kappa shape index (κ3) is 6.34. The number of benzene rings is 3. The van der Waals surface area contributed by atoms with Crippen molar-refractivity contribution in [2.45, 2.75) is 24.8 Å². The summed E-state index contributed by atoms with van der Waals surface area (Å²) in [5.74, 6) is -5.54. The Balaban J connectivity index is 2.09. The van der Waals surface area contributed by atoms with E-state index in [0.29, 0.717) is 0 Å². The van der Waals surface area contributed by atoms with Crippen molar-refractivity contribution in [1.82, 2.24) is 5.32 Å². The first-order valence-electron chi connectivity index (χ1n) is 12.5. The summed E-state index contributed by atoms with van der Waals surface area (Å²) in [6.07, 6.45) is -0.0770. The lowest BCUT2D eigenvalue weighted by Gasteiger charge is -2.36. The number of nitrogens with one attached hydrogen (secondary N) is 1. The van der Waals surface area contributed by atoms with Gasteiger partial charge in [-0.15, -0.1) is 0 Å². The van der Waals surface area contributed by atoms with Crippen molar-refractivity contribution in [3.63, 3.8) is 0 Å². The molecule has 0 bridgehead atoms. The number of methoxy groups -OCH3 is 3. The van der Waals surface area contributed by atoms with E-state index in [9.17, 15) is 19.2 Å². The van der Waals surface area contributed by atoms with Gasteiger partial charge in [0, 0.05) is 12.3 Å². The number of ether oxygens (including phenoxy) is 3. The number of amides is 1. The van der Waals surface area contributed by atoms with Gasteiger partial charge in [-0.25, -0.2) is 4.79 Å². The molecule has 0 aromatic heterocycles. The SMILES string of the molecule is COC(=O)C(C(=O)OC)[C@H](C)[C@@H](NC(=O)CC(c1ccccc1)(c1ccccc1)c1ccccc1)C(=O)OC. The van der Waals surface area contributed by atoms with Crippen LogP contribution in [0.3, 0.4) is 0 Å². The number of hydrogen-bond acceptors (Lipinski definition) is 7. The second kappa shape index (κ2) is 13.4. The summed E-state index contributed by atoms with van der Waals surface area (Å²) in [6.45, 7) is 1.49. The summed E-state index contributed by atoms with van der Waals surface area (Å²) in [7, 11) is 3.43. The predicted molar refractivity (Wildman–Crippen MR) is 144 cm³/mol. The number of carbonyl (C=O) groups excluding carboxylic acids is 4. The monoisotopic (exact) mass is 531 g/mol. The second-order valence-corrected chi connectivity index (χ2v) is 9.13. The van der Waals surface area contributed by atoms with Crippen molar-refractivity contribution in [2.24, 2.45) is 11.8 Å². The van der Waals surface area contributed by atoms with Crippen molar-refractivity contribution in [3.8, 4) is 0 Å². The quantitative estimate of drug-likeness (QED) is 0.174. The average molecular weight is 532 g/mol. The Morgan fingerprint density at radius 2 is 1.00 bits per heavy atom. The predicted octanol–water partition coefficient (Wildman–Crippen LogP) is 3.67. The molecule has 1 amide bonds. The van der Waals surface area contributed by atoms with E-state index < -0.39 is 47.1 Å². The van der Waals surface area contributed by atoms with E-state index in [1.807, 2.05) is 91.0 Å². The maximum absolute atomic E-state index is 13.9. The highest BCUT2D eigenvalue weighted by atomic mass is 16.5. The molecule has 0 saturated heterocycles. The van der Waals surface area contributed by atoms with Crippen LogP contribution in [-0.4, -0.2) is 51.2 Å². The van der Waals surface area contributed by atoms with Crippen LogP contribution < -0.4 is 5.32 Å². The van der Waals surface area contributed by atoms with Gasteiger partial charge >= 0.3 is 17.9 Å². The van der Waals surface area contributed by atoms with Crippen LogP contribution in [0.1, 0.15) is 30.0 Å². The fraction of sp³-hybridized carbons (Fsp3) is 0.290. The number of rotatable bonds is 11. The molecule has 0 aliphatic rings. The molecule has 0 saturated carbocycles. The first-order valence-corrected chi connectivity index (χ1v) is 12.5. The van der Waals surface area contributed by atoms with Crippen molar-refractivity contribution in [1.29, 1.82) is 0 Å². The molecule has 3 aromatic rings. The standard InChI is InChI=1S/C31H33NO7/c1-21(26(28(34)37-2)29(35)38-3)27(30(36)39-4)32-25(33)20-31(22-14-8-5-9-15-22,23-16-10-6-11-17-23)24-18-12-7-13-19-24/h5-19,21,26-27H,20H2,1-4H3,(H,32,33)/t21-,27+/m0/s1. The minimum atomic E-state index is -1.45. The molecule has 8 nitrogen and oxygen atoms in total. The lowest BCUT2D eigenvalue weighted by atomic mass is 9.67. The number of carbonyl (C=O) groups is 4. The molecule has 0 spiro atoms. The van der Waals surface area contributed by atoms with E-state index in [1.54, 1.807) is 0 Å². The summed E-state index contributed by atoms with van der Waals surface area (Å²) in [5, 5.41) is 2.74. The van der Waals surface area contributed by atoms with Gasteiger partial charge in [0.25, 0.3) is 0 Å². The Morgan fingerprint density at radius 3 is 1.33 bits per heavy atom. The van der Waals surface area contributed by atoms with E-state index in [-0.39, 0.29) is 6.42 Å². The Bertz CT molecular complexity index is 1150. The Hall–Kier alpha value is -4.46. The average Bonchev–Trinajstić information content (AvgIpc) is 2.99. The maximum Gasteiger partial charge on any atom is 0.328 e. The highest BCUT2D eigenvalue weighted by Crippen LogP contribution is 2.42. The highest BCUT2D eigenvalue weighted by Gasteiger charge is 2.44. The first-order chi connectivity index (χ1) is 18.8. The van der Waals surface area contributed by atoms with Gasteiger partial charge in [0.05, 0.1) is 26.7 Å². The Kier molecular flexibility index (Phi) is 9.98. The fourth-order valence-electron chi connectivity index (χ4n) is 4.94. The summed E-state index contributed by atoms with van der Waals surface area (Å²) in [6, 6.07) is 27.6. The van der Waals surface area contributed by atoms with E-state index in [4.69, 9.17) is 14.2 Å². The summed E-state index contributed by atoms with van der Waals surface area (Å²) >= 11 is 0. The van der Waals surface area contributed by atoms with Gasteiger partial charge in [-0.3, -0.25) is 14.4 Å². The summed E-state index contributed by atoms with van der Waals surface area (Å²) < 4.78 is 14.5. The van der Waals surface area contributed by atoms with Crippen LogP contribution in [-0.2, 0) is 38.8 Å². The molecule has 0 aliphatic heterocycles. The molecule has 0 radical (unpaired) electrons. The minimum absolute atomic E-state index is 0.0770. The first kappa shape index (κ1) is 29.1. The van der Waals surface area contributed by atoms with Crippen LogP contribution >= 0.6 is 0 Å². The zero-order chi connectivity index (χ0) is 28.4. The van der Waals surface area contributed by atoms with Gasteiger partial charge in [0.1, 0.15) is 6.04 Å². The molecule has 8 heteroatoms. The van der Waals surface area contributed by atoms with Crippen LogP contribution in [0, 0.1) is 11.8 Å². The molecule has 2 atom stereocenters. The summed E-state index contributed by atoms with van der Waals surface area (Å²) in [4.78, 5) is 51.6. The van der Waals surface area contributed by atoms with Crippen molar-refractivity contribution in [2.75, 3.05) is 21.3 Å². The van der Waals surface area contributed by atoms with Gasteiger partial charge in [-0.05, 0) is 16.7 Å². The summed E-state index contributed by atoms with van der Waals surface area (Å²) in [5.41, 5.74) is 1.72. The molecule has 0 unspecified atom stereocenters. The molecule has 39 heavy (non-hydrogen) atoms. The zero-order valence-corrected chi connectivity index (χ0v) is 22.5. The Morgan fingerprint density at radius 1 is 0.641 bits per heavy atom. The maximum atomic E-state index is 13.9. The number of hydrogen-bond donors (Lipinski definition) is 1. The normalized spacial score (nSPS) is 12.6. The fourth-order valence-corrected chi connectivity index (χ4v) is 4.94. The van der Waals surface area contributed by atoms with Gasteiger partial charge < -0.3 is 19.5 Å². The minimum Gasteiger partial charge on any atom is -0.468 e. The molecule has 0 heterocycles. The van der Waals surface area contributed by atoms with E-state index >= 15 is 0 Å². The van der Waals surface area contributed by atoms with Crippen molar-refractivity contribution in [3.05, 3.63) is 108 Å². The van der Waals surface area contributed by atoms with Crippen LogP contribution in [0.5, 0.6) is 0 Å². The second-order valence-electron chi connectivity index (χ2n) is 9.13. The smallest absolute Gasteiger partial charge is 0.328 e. The van der Waals surface area contributed by atoms with Crippen LogP contribution in [0.2, 0.25) is 0 Å². The van der Waals surface area contributed by atoms with Crippen LogP contribution in [0.25, 0.3) is 0 Å². The van der Waals surface area contributed by atoms with E-state index in [1.165, 1.54) is 14.0 Å². The topological polar surface area (TPSA) is 108 Å². The molecule has 1 N–H and O–H groups in total. The van der Waals surface area contributed by atoms with Crippen molar-refractivity contribution < 1.29 is 33.4 Å². The third-order valence-corrected chi connectivity index (χ3v) is 6.96. The highest BCUT2D eigenvalue weighted by molar-refractivity contribution is 5.96. The van der Waals surface area contributed by atoms with Gasteiger partial charge in [-0.2, -0.15) is 0 Å². The van der Waals surface area contributed by atoms with Crippen LogP contribution in [0.15, 0.2) is 91.0 Å². The third-order valence-electron chi connectivity index (χ3n) is 6.96. The molecule has 3 rings (SSSR count). The van der Waals surface area contributed by atoms with Gasteiger partial charge in [-0.1, -0.05) is 97.9 Å². The zero-order valence-electron chi connectivity index (χ0n) is 22.5. The molecule has 0 fully saturated rings. The van der Waals surface area contributed by atoms with Crippen LogP contribution in [0.4, 0.5) is 0 Å². The molecular formula is C31H33NO7. The van der Waals surface area contributed by atoms with E-state index in [0.717, 1.165) is 30.9 Å². The molecule has 204 valence electrons. The molecule has 0 aliphatic carbocycles. The lowest BCUT2D eigenvalue weighted by molar-refractivity contribution is -0.163. The molecular weight excluding hydrogens is 498 g/mol. The van der Waals surface area contributed by atoms with Gasteiger partial charge in [0.2, 0.25) is 5.91 Å². The molecule has 3 aromatic carbocycles. The number of esters is 3. The van der Waals surface area contributed by atoms with Gasteiger partial charge in [0.15, 0.2) is 5.92 Å². The largest absolute Gasteiger partial charge is 0.468 e. The van der Waals surface area contributed by atoms with E-state index in [2.05, 4.69) is 5.32 Å². The Labute approximate surface area is 228 Å². The van der Waals surface area contributed by atoms with Crippen molar-refractivity contribution >= 4 is 23.8 Å².